The van der Waals surface area contributed by atoms with Gasteiger partial charge in [-0.2, -0.15) is 0 Å². The maximum atomic E-state index is 13.9. The van der Waals surface area contributed by atoms with E-state index in [1.165, 1.54) is 43.3 Å². The van der Waals surface area contributed by atoms with Crippen molar-refractivity contribution in [1.29, 1.82) is 0 Å². The number of amides is 1. The minimum absolute atomic E-state index is 0.149. The zero-order chi connectivity index (χ0) is 21.1. The van der Waals surface area contributed by atoms with Crippen LogP contribution in [0, 0.1) is 18.6 Å². The van der Waals surface area contributed by atoms with Crippen LogP contribution in [0.2, 0.25) is 0 Å². The topological polar surface area (TPSA) is 104 Å². The number of carbonyl (C=O) groups is 2. The molecule has 9 heteroatoms. The molecule has 3 N–H and O–H groups in total. The number of aromatic amines is 1. The van der Waals surface area contributed by atoms with Gasteiger partial charge in [-0.25, -0.2) is 13.5 Å². The van der Waals surface area contributed by atoms with Crippen LogP contribution in [0.15, 0.2) is 53.3 Å². The minimum Gasteiger partial charge on any atom is -0.481 e. The first-order chi connectivity index (χ1) is 13.8. The van der Waals surface area contributed by atoms with Gasteiger partial charge in [-0.05, 0) is 42.3 Å². The van der Waals surface area contributed by atoms with Gasteiger partial charge < -0.3 is 10.4 Å². The number of rotatable bonds is 6. The molecule has 150 valence electrons. The number of nitrogens with one attached hydrogen (secondary N) is 2. The largest absolute Gasteiger partial charge is 0.481 e. The number of H-pyrrole nitrogens is 1. The maximum Gasteiger partial charge on any atom is 0.305 e. The van der Waals surface area contributed by atoms with Crippen molar-refractivity contribution in [3.05, 3.63) is 87.3 Å². The van der Waals surface area contributed by atoms with Gasteiger partial charge in [0.1, 0.15) is 17.3 Å². The molecular weight excluding hydrogens is 384 g/mol. The van der Waals surface area contributed by atoms with Crippen molar-refractivity contribution in [1.82, 2.24) is 15.1 Å². The number of nitrogens with zero attached hydrogens (tertiary/aromatic N) is 1. The molecule has 1 atom stereocenters. The molecule has 1 heterocycles. The SMILES string of the molecule is Cc1c(F)cccc1C(CC(=O)O)NC(=O)c1cc(=O)n(-c2cccc(F)c2)[nH]1. The summed E-state index contributed by atoms with van der Waals surface area (Å²) in [5.41, 5.74) is -0.0316. The molecule has 7 nitrogen and oxygen atoms in total. The fourth-order valence-corrected chi connectivity index (χ4v) is 2.97. The van der Waals surface area contributed by atoms with Gasteiger partial charge in [0.2, 0.25) is 0 Å². The van der Waals surface area contributed by atoms with E-state index in [0.717, 1.165) is 16.8 Å². The van der Waals surface area contributed by atoms with E-state index in [4.69, 9.17) is 5.11 Å². The average Bonchev–Trinajstić information content (AvgIpc) is 3.05. The normalized spacial score (nSPS) is 11.8. The third-order valence-corrected chi connectivity index (χ3v) is 4.40. The Morgan fingerprint density at radius 1 is 1.17 bits per heavy atom. The second-order valence-electron chi connectivity index (χ2n) is 6.40. The molecule has 0 fully saturated rings. The van der Waals surface area contributed by atoms with Gasteiger partial charge in [-0.1, -0.05) is 18.2 Å². The molecular formula is C20H17F2N3O4. The number of aromatic nitrogens is 2. The van der Waals surface area contributed by atoms with E-state index in [-0.39, 0.29) is 16.9 Å². The van der Waals surface area contributed by atoms with Gasteiger partial charge in [0.15, 0.2) is 0 Å². The highest BCUT2D eigenvalue weighted by atomic mass is 19.1. The van der Waals surface area contributed by atoms with Crippen molar-refractivity contribution in [2.24, 2.45) is 0 Å². The Labute approximate surface area is 163 Å². The number of carboxylic acid groups (broad SMARTS) is 1. The van der Waals surface area contributed by atoms with Gasteiger partial charge in [-0.3, -0.25) is 19.5 Å². The van der Waals surface area contributed by atoms with Crippen molar-refractivity contribution in [3.8, 4) is 5.69 Å². The Morgan fingerprint density at radius 3 is 2.59 bits per heavy atom. The van der Waals surface area contributed by atoms with Crippen molar-refractivity contribution in [2.45, 2.75) is 19.4 Å². The van der Waals surface area contributed by atoms with E-state index in [0.29, 0.717) is 5.56 Å². The molecule has 2 aromatic carbocycles. The molecule has 1 amide bonds. The number of carboxylic acids is 1. The summed E-state index contributed by atoms with van der Waals surface area (Å²) in [6.45, 7) is 1.48. The summed E-state index contributed by atoms with van der Waals surface area (Å²) in [4.78, 5) is 36.0. The lowest BCUT2D eigenvalue weighted by Gasteiger charge is -2.19. The van der Waals surface area contributed by atoms with Crippen LogP contribution in [-0.4, -0.2) is 26.8 Å². The van der Waals surface area contributed by atoms with E-state index in [1.807, 2.05) is 0 Å². The summed E-state index contributed by atoms with van der Waals surface area (Å²) >= 11 is 0. The fraction of sp³-hybridized carbons (Fsp3) is 0.150. The van der Waals surface area contributed by atoms with Crippen LogP contribution in [0.4, 0.5) is 8.78 Å². The van der Waals surface area contributed by atoms with Crippen LogP contribution in [0.3, 0.4) is 0 Å². The highest BCUT2D eigenvalue weighted by molar-refractivity contribution is 5.92. The van der Waals surface area contributed by atoms with Gasteiger partial charge in [0.05, 0.1) is 18.2 Å². The first-order valence-corrected chi connectivity index (χ1v) is 8.62. The van der Waals surface area contributed by atoms with E-state index in [2.05, 4.69) is 10.4 Å². The molecule has 1 unspecified atom stereocenters. The Morgan fingerprint density at radius 2 is 1.90 bits per heavy atom. The summed E-state index contributed by atoms with van der Waals surface area (Å²) in [6, 6.07) is 9.38. The zero-order valence-electron chi connectivity index (χ0n) is 15.3. The quantitative estimate of drug-likeness (QED) is 0.591. The van der Waals surface area contributed by atoms with E-state index in [9.17, 15) is 23.2 Å². The number of benzene rings is 2. The molecule has 0 saturated heterocycles. The molecule has 0 aliphatic carbocycles. The number of carbonyl (C=O) groups excluding carboxylic acids is 1. The Hall–Kier alpha value is -3.75. The van der Waals surface area contributed by atoms with Crippen molar-refractivity contribution in [3.63, 3.8) is 0 Å². The lowest BCUT2D eigenvalue weighted by Crippen LogP contribution is -2.31. The van der Waals surface area contributed by atoms with E-state index < -0.39 is 41.5 Å². The molecule has 0 radical (unpaired) electrons. The molecule has 0 bridgehead atoms. The second-order valence-corrected chi connectivity index (χ2v) is 6.40. The van der Waals surface area contributed by atoms with Gasteiger partial charge in [-0.15, -0.1) is 0 Å². The monoisotopic (exact) mass is 401 g/mol. The summed E-state index contributed by atoms with van der Waals surface area (Å²) < 4.78 is 28.3. The summed E-state index contributed by atoms with van der Waals surface area (Å²) in [5, 5.41) is 14.2. The zero-order valence-corrected chi connectivity index (χ0v) is 15.3. The van der Waals surface area contributed by atoms with Gasteiger partial charge in [0.25, 0.3) is 11.5 Å². The van der Waals surface area contributed by atoms with Crippen molar-refractivity contribution < 1.29 is 23.5 Å². The van der Waals surface area contributed by atoms with E-state index >= 15 is 0 Å². The highest BCUT2D eigenvalue weighted by Gasteiger charge is 2.23. The smallest absolute Gasteiger partial charge is 0.305 e. The third-order valence-electron chi connectivity index (χ3n) is 4.40. The van der Waals surface area contributed by atoms with Crippen LogP contribution >= 0.6 is 0 Å². The highest BCUT2D eigenvalue weighted by Crippen LogP contribution is 2.23. The predicted octanol–water partition coefficient (Wildman–Crippen LogP) is 2.70. The molecule has 0 aliphatic heterocycles. The number of aliphatic carboxylic acids is 1. The lowest BCUT2D eigenvalue weighted by molar-refractivity contribution is -0.137. The first-order valence-electron chi connectivity index (χ1n) is 8.62. The minimum atomic E-state index is -1.19. The Kier molecular flexibility index (Phi) is 5.58. The molecule has 0 aliphatic rings. The molecule has 3 aromatic rings. The lowest BCUT2D eigenvalue weighted by atomic mass is 9.98. The predicted molar refractivity (Wildman–Crippen MR) is 99.9 cm³/mol. The van der Waals surface area contributed by atoms with E-state index in [1.54, 1.807) is 0 Å². The summed E-state index contributed by atoms with van der Waals surface area (Å²) in [7, 11) is 0. The van der Waals surface area contributed by atoms with Gasteiger partial charge >= 0.3 is 5.97 Å². The molecule has 0 spiro atoms. The maximum absolute atomic E-state index is 13.9. The second kappa shape index (κ2) is 8.09. The van der Waals surface area contributed by atoms with Crippen molar-refractivity contribution >= 4 is 11.9 Å². The van der Waals surface area contributed by atoms with Gasteiger partial charge in [0, 0.05) is 6.07 Å². The molecule has 0 saturated carbocycles. The Bertz CT molecular complexity index is 1140. The first kappa shape index (κ1) is 20.0. The Balaban J connectivity index is 1.91. The average molecular weight is 401 g/mol. The van der Waals surface area contributed by atoms with Crippen molar-refractivity contribution in [2.75, 3.05) is 0 Å². The number of hydrogen-bond acceptors (Lipinski definition) is 3. The number of halogens is 2. The molecule has 29 heavy (non-hydrogen) atoms. The summed E-state index contributed by atoms with van der Waals surface area (Å²) in [5.74, 6) is -3.03. The molecule has 1 aromatic heterocycles. The third kappa shape index (κ3) is 4.40. The van der Waals surface area contributed by atoms with Crippen LogP contribution in [0.5, 0.6) is 0 Å². The number of hydrogen-bond donors (Lipinski definition) is 3. The standard InChI is InChI=1S/C20H17F2N3O4/c1-11-14(6-3-7-15(11)22)16(10-19(27)28)23-20(29)17-9-18(26)25(24-17)13-5-2-4-12(21)8-13/h2-9,16,24H,10H2,1H3,(H,23,29)(H,27,28). The van der Waals surface area contributed by atoms with Crippen LogP contribution < -0.4 is 10.9 Å². The van der Waals surface area contributed by atoms with Crippen LogP contribution in [0.25, 0.3) is 5.69 Å². The summed E-state index contributed by atoms with van der Waals surface area (Å²) in [6.07, 6.45) is -0.481. The van der Waals surface area contributed by atoms with Crippen LogP contribution in [-0.2, 0) is 4.79 Å². The van der Waals surface area contributed by atoms with Crippen LogP contribution in [0.1, 0.15) is 34.1 Å². The molecule has 3 rings (SSSR count). The fourth-order valence-electron chi connectivity index (χ4n) is 2.97.